The number of aromatic amines is 1. The Bertz CT molecular complexity index is 680. The first-order chi connectivity index (χ1) is 8.25. The molecule has 0 aliphatic heterocycles. The number of benzene rings is 2. The second kappa shape index (κ2) is 3.67. The van der Waals surface area contributed by atoms with E-state index in [0.717, 1.165) is 11.2 Å². The number of H-pyrrole nitrogens is 1. The van der Waals surface area contributed by atoms with Gasteiger partial charge in [-0.3, -0.25) is 0 Å². The lowest BCUT2D eigenvalue weighted by Crippen LogP contribution is -1.83. The Morgan fingerprint density at radius 1 is 1.00 bits per heavy atom. The normalized spacial score (nSPS) is 10.9. The lowest BCUT2D eigenvalue weighted by molar-refractivity contribution is 1.44. The van der Waals surface area contributed by atoms with Crippen LogP contribution in [-0.2, 0) is 0 Å². The summed E-state index contributed by atoms with van der Waals surface area (Å²) in [4.78, 5) is 3.27. The highest BCUT2D eigenvalue weighted by molar-refractivity contribution is 5.97. The minimum atomic E-state index is 0.788. The van der Waals surface area contributed by atoms with E-state index in [-0.39, 0.29) is 0 Å². The number of anilines is 1. The maximum Gasteiger partial charge on any atom is 0.0481 e. The van der Waals surface area contributed by atoms with Crippen molar-refractivity contribution < 1.29 is 0 Å². The lowest BCUT2D eigenvalue weighted by atomic mass is 10.0. The van der Waals surface area contributed by atoms with Gasteiger partial charge < -0.3 is 10.7 Å². The minimum Gasteiger partial charge on any atom is -0.399 e. The third-order valence-electron chi connectivity index (χ3n) is 3.14. The summed E-state index contributed by atoms with van der Waals surface area (Å²) in [5, 5.41) is 1.22. The highest BCUT2D eigenvalue weighted by Crippen LogP contribution is 2.31. The van der Waals surface area contributed by atoms with Gasteiger partial charge in [0.1, 0.15) is 0 Å². The van der Waals surface area contributed by atoms with Gasteiger partial charge in [-0.05, 0) is 30.2 Å². The maximum atomic E-state index is 5.78. The van der Waals surface area contributed by atoms with Gasteiger partial charge in [0.15, 0.2) is 0 Å². The molecule has 84 valence electrons. The molecule has 0 spiro atoms. The number of fused-ring (bicyclic) bond motifs is 1. The molecule has 0 saturated carbocycles. The van der Waals surface area contributed by atoms with Crippen molar-refractivity contribution in [1.29, 1.82) is 0 Å². The zero-order valence-electron chi connectivity index (χ0n) is 9.70. The van der Waals surface area contributed by atoms with E-state index in [1.807, 2.05) is 18.3 Å². The molecule has 0 aliphatic carbocycles. The Balaban J connectivity index is 2.29. The van der Waals surface area contributed by atoms with Crippen LogP contribution in [0.3, 0.4) is 0 Å². The molecule has 3 rings (SSSR count). The minimum absolute atomic E-state index is 0.788. The van der Waals surface area contributed by atoms with Crippen molar-refractivity contribution in [2.75, 3.05) is 5.73 Å². The van der Waals surface area contributed by atoms with Crippen LogP contribution in [0.1, 0.15) is 5.56 Å². The quantitative estimate of drug-likeness (QED) is 0.605. The first-order valence-electron chi connectivity index (χ1n) is 5.68. The molecule has 0 atom stereocenters. The number of rotatable bonds is 1. The molecule has 0 bridgehead atoms. The predicted molar refractivity (Wildman–Crippen MR) is 72.9 cm³/mol. The number of hydrogen-bond donors (Lipinski definition) is 2. The van der Waals surface area contributed by atoms with Crippen molar-refractivity contribution >= 4 is 16.6 Å². The Morgan fingerprint density at radius 3 is 2.65 bits per heavy atom. The molecule has 0 fully saturated rings. The highest BCUT2D eigenvalue weighted by atomic mass is 14.7. The molecule has 17 heavy (non-hydrogen) atoms. The van der Waals surface area contributed by atoms with Crippen LogP contribution in [0.4, 0.5) is 5.69 Å². The van der Waals surface area contributed by atoms with Gasteiger partial charge in [0.05, 0.1) is 0 Å². The molecular weight excluding hydrogens is 208 g/mol. The van der Waals surface area contributed by atoms with Crippen LogP contribution in [0.5, 0.6) is 0 Å². The van der Waals surface area contributed by atoms with E-state index < -0.39 is 0 Å². The molecule has 0 radical (unpaired) electrons. The molecule has 2 heteroatoms. The number of aryl methyl sites for hydroxylation is 1. The Kier molecular flexibility index (Phi) is 2.15. The van der Waals surface area contributed by atoms with Gasteiger partial charge in [-0.15, -0.1) is 0 Å². The van der Waals surface area contributed by atoms with Crippen molar-refractivity contribution in [2.24, 2.45) is 0 Å². The van der Waals surface area contributed by atoms with Crippen molar-refractivity contribution in [3.8, 4) is 11.1 Å². The average molecular weight is 222 g/mol. The van der Waals surface area contributed by atoms with E-state index in [1.54, 1.807) is 0 Å². The molecular formula is C15H14N2. The first-order valence-corrected chi connectivity index (χ1v) is 5.68. The molecule has 3 aromatic rings. The Labute approximate surface area is 100 Å². The molecule has 2 aromatic carbocycles. The van der Waals surface area contributed by atoms with Gasteiger partial charge in [-0.1, -0.05) is 30.3 Å². The van der Waals surface area contributed by atoms with Gasteiger partial charge in [0.2, 0.25) is 0 Å². The van der Waals surface area contributed by atoms with Crippen LogP contribution < -0.4 is 5.73 Å². The first kappa shape index (κ1) is 9.97. The summed E-state index contributed by atoms with van der Waals surface area (Å²) in [6, 6.07) is 14.4. The van der Waals surface area contributed by atoms with Crippen molar-refractivity contribution in [2.45, 2.75) is 6.92 Å². The standard InChI is InChI=1S/C15H14N2/c1-10-4-2-3-5-12(10)14-9-17-15-8-11(16)6-7-13(14)15/h2-9,17H,16H2,1H3. The smallest absolute Gasteiger partial charge is 0.0481 e. The second-order valence-electron chi connectivity index (χ2n) is 4.32. The summed E-state index contributed by atoms with van der Waals surface area (Å²) >= 11 is 0. The van der Waals surface area contributed by atoms with E-state index >= 15 is 0 Å². The van der Waals surface area contributed by atoms with E-state index in [2.05, 4.69) is 42.2 Å². The summed E-state index contributed by atoms with van der Waals surface area (Å²) in [7, 11) is 0. The molecule has 1 heterocycles. The van der Waals surface area contributed by atoms with E-state index in [4.69, 9.17) is 5.73 Å². The number of nitrogen functional groups attached to an aromatic ring is 1. The molecule has 3 N–H and O–H groups in total. The van der Waals surface area contributed by atoms with Gasteiger partial charge in [-0.2, -0.15) is 0 Å². The SMILES string of the molecule is Cc1ccccc1-c1c[nH]c2cc(N)ccc12. The van der Waals surface area contributed by atoms with E-state index in [9.17, 15) is 0 Å². The lowest BCUT2D eigenvalue weighted by Gasteiger charge is -2.04. The third kappa shape index (κ3) is 1.58. The zero-order chi connectivity index (χ0) is 11.8. The van der Waals surface area contributed by atoms with Crippen molar-refractivity contribution in [3.05, 3.63) is 54.2 Å². The number of nitrogens with two attached hydrogens (primary N) is 1. The van der Waals surface area contributed by atoms with Crippen LogP contribution in [0.25, 0.3) is 22.0 Å². The molecule has 2 nitrogen and oxygen atoms in total. The topological polar surface area (TPSA) is 41.8 Å². The fraction of sp³-hybridized carbons (Fsp3) is 0.0667. The van der Waals surface area contributed by atoms with Crippen LogP contribution in [-0.4, -0.2) is 4.98 Å². The van der Waals surface area contributed by atoms with Gasteiger partial charge >= 0.3 is 0 Å². The molecule has 0 saturated heterocycles. The monoisotopic (exact) mass is 222 g/mol. The van der Waals surface area contributed by atoms with Crippen molar-refractivity contribution in [3.63, 3.8) is 0 Å². The summed E-state index contributed by atoms with van der Waals surface area (Å²) in [6.45, 7) is 2.13. The number of hydrogen-bond acceptors (Lipinski definition) is 1. The number of aromatic nitrogens is 1. The summed E-state index contributed by atoms with van der Waals surface area (Å²) < 4.78 is 0. The predicted octanol–water partition coefficient (Wildman–Crippen LogP) is 3.73. The molecule has 1 aromatic heterocycles. The van der Waals surface area contributed by atoms with Gasteiger partial charge in [0, 0.05) is 28.4 Å². The Morgan fingerprint density at radius 2 is 1.82 bits per heavy atom. The van der Waals surface area contributed by atoms with Crippen LogP contribution >= 0.6 is 0 Å². The summed E-state index contributed by atoms with van der Waals surface area (Å²) in [6.07, 6.45) is 2.05. The summed E-state index contributed by atoms with van der Waals surface area (Å²) in [5.41, 5.74) is 11.4. The highest BCUT2D eigenvalue weighted by Gasteiger charge is 2.07. The molecule has 0 aliphatic rings. The maximum absolute atomic E-state index is 5.78. The zero-order valence-corrected chi connectivity index (χ0v) is 9.70. The average Bonchev–Trinajstić information content (AvgIpc) is 2.72. The van der Waals surface area contributed by atoms with Gasteiger partial charge in [-0.25, -0.2) is 0 Å². The third-order valence-corrected chi connectivity index (χ3v) is 3.14. The van der Waals surface area contributed by atoms with E-state index in [0.29, 0.717) is 0 Å². The molecule has 0 amide bonds. The van der Waals surface area contributed by atoms with Gasteiger partial charge in [0.25, 0.3) is 0 Å². The largest absolute Gasteiger partial charge is 0.399 e. The van der Waals surface area contributed by atoms with E-state index in [1.165, 1.54) is 22.1 Å². The Hall–Kier alpha value is -2.22. The molecule has 0 unspecified atom stereocenters. The van der Waals surface area contributed by atoms with Crippen LogP contribution in [0.15, 0.2) is 48.7 Å². The number of nitrogens with one attached hydrogen (secondary N) is 1. The fourth-order valence-electron chi connectivity index (χ4n) is 2.24. The van der Waals surface area contributed by atoms with Crippen LogP contribution in [0.2, 0.25) is 0 Å². The fourth-order valence-corrected chi connectivity index (χ4v) is 2.24. The second-order valence-corrected chi connectivity index (χ2v) is 4.32. The van der Waals surface area contributed by atoms with Crippen molar-refractivity contribution in [1.82, 2.24) is 4.98 Å². The summed E-state index contributed by atoms with van der Waals surface area (Å²) in [5.74, 6) is 0. The van der Waals surface area contributed by atoms with Crippen LogP contribution in [0, 0.1) is 6.92 Å².